The largest absolute Gasteiger partial charge is 0.496 e. The zero-order chi connectivity index (χ0) is 31.8. The quantitative estimate of drug-likeness (QED) is 0.249. The van der Waals surface area contributed by atoms with Crippen molar-refractivity contribution in [2.75, 3.05) is 18.6 Å². The van der Waals surface area contributed by atoms with Crippen molar-refractivity contribution < 1.29 is 19.4 Å². The third-order valence-electron chi connectivity index (χ3n) is 11.4. The second-order valence-electron chi connectivity index (χ2n) is 14.6. The van der Waals surface area contributed by atoms with Crippen LogP contribution in [0.5, 0.6) is 5.75 Å². The molecule has 1 amide bonds. The van der Waals surface area contributed by atoms with Gasteiger partial charge in [-0.15, -0.1) is 0 Å². The molecule has 1 N–H and O–H groups in total. The fraction of sp³-hybridized carbons (Fsp3) is 0.553. The topological polar surface area (TPSA) is 84.7 Å². The lowest BCUT2D eigenvalue weighted by Crippen LogP contribution is -2.51. The van der Waals surface area contributed by atoms with Gasteiger partial charge in [0.2, 0.25) is 5.91 Å². The van der Waals surface area contributed by atoms with E-state index in [0.29, 0.717) is 0 Å². The second-order valence-corrected chi connectivity index (χ2v) is 14.6. The van der Waals surface area contributed by atoms with Crippen LogP contribution in [0.1, 0.15) is 102 Å². The van der Waals surface area contributed by atoms with Gasteiger partial charge >= 0.3 is 5.97 Å². The molecule has 4 aliphatic carbocycles. The number of aliphatic carboxylic acids is 1. The van der Waals surface area contributed by atoms with Crippen molar-refractivity contribution >= 4 is 17.6 Å². The monoisotopic (exact) mass is 611 g/mol. The van der Waals surface area contributed by atoms with Gasteiger partial charge in [-0.2, -0.15) is 5.10 Å². The number of fused-ring (bicyclic) bond motifs is 3. The minimum Gasteiger partial charge on any atom is -0.496 e. The number of carboxylic acids is 1. The number of carboxylic acid groups (broad SMARTS) is 1. The maximum absolute atomic E-state index is 14.5. The first-order valence-electron chi connectivity index (χ1n) is 16.9. The molecule has 2 aromatic carbocycles. The number of carbonyl (C=O) groups excluding carboxylic acids is 1. The van der Waals surface area contributed by atoms with Gasteiger partial charge in [0, 0.05) is 42.4 Å². The lowest BCUT2D eigenvalue weighted by molar-refractivity contribution is -0.138. The Kier molecular flexibility index (Phi) is 8.82. The molecule has 240 valence electrons. The first kappa shape index (κ1) is 31.4. The highest BCUT2D eigenvalue weighted by molar-refractivity contribution is 5.96. The van der Waals surface area contributed by atoms with Crippen LogP contribution in [-0.4, -0.2) is 40.4 Å². The van der Waals surface area contributed by atoms with Crippen molar-refractivity contribution in [1.82, 2.24) is 9.78 Å². The third-order valence-corrected chi connectivity index (χ3v) is 11.4. The molecular weight excluding hydrogens is 562 g/mol. The molecule has 2 bridgehead atoms. The highest BCUT2D eigenvalue weighted by Crippen LogP contribution is 2.58. The van der Waals surface area contributed by atoms with Gasteiger partial charge in [0.15, 0.2) is 0 Å². The summed E-state index contributed by atoms with van der Waals surface area (Å²) in [5.41, 5.74) is 6.05. The number of rotatable bonds is 10. The molecule has 7 heteroatoms. The van der Waals surface area contributed by atoms with Crippen LogP contribution in [-0.2, 0) is 15.0 Å². The summed E-state index contributed by atoms with van der Waals surface area (Å²) in [5, 5.41) is 13.9. The molecule has 0 aliphatic heterocycles. The number of aryl methyl sites for hydroxylation is 1. The number of hydrogen-bond acceptors (Lipinski definition) is 4. The van der Waals surface area contributed by atoms with E-state index in [1.807, 2.05) is 10.9 Å². The van der Waals surface area contributed by atoms with Crippen LogP contribution < -0.4 is 9.64 Å². The standard InChI is InChI=1S/C38H49N3O4/c1-26(2)41-24-31(23-39-41)30-6-5-7-33(22-30)40(36(44)29-10-8-28(9-11-29)21-35(42)43)25-37-14-17-38(18-15-37,19-16-37)32-12-13-34(45-4)27(3)20-32/h5-7,12-13,20,22-24,26,28-29H,8-11,14-19,21,25H2,1-4H3,(H,42,43)/t28-,29-,37?,38?. The Morgan fingerprint density at radius 2 is 1.71 bits per heavy atom. The Hall–Kier alpha value is -3.61. The number of hydrogen-bond donors (Lipinski definition) is 1. The summed E-state index contributed by atoms with van der Waals surface area (Å²) in [4.78, 5) is 27.9. The zero-order valence-corrected chi connectivity index (χ0v) is 27.4. The summed E-state index contributed by atoms with van der Waals surface area (Å²) in [6.07, 6.45) is 14.1. The number of amides is 1. The van der Waals surface area contributed by atoms with E-state index in [9.17, 15) is 14.7 Å². The van der Waals surface area contributed by atoms with E-state index < -0.39 is 5.97 Å². The van der Waals surface area contributed by atoms with Gasteiger partial charge in [0.25, 0.3) is 0 Å². The van der Waals surface area contributed by atoms with Crippen LogP contribution in [0, 0.1) is 24.2 Å². The number of nitrogens with zero attached hydrogens (tertiary/aromatic N) is 3. The minimum absolute atomic E-state index is 0.0626. The summed E-state index contributed by atoms with van der Waals surface area (Å²) in [7, 11) is 1.74. The van der Waals surface area contributed by atoms with Crippen molar-refractivity contribution in [3.8, 4) is 16.9 Å². The van der Waals surface area contributed by atoms with Gasteiger partial charge in [-0.25, -0.2) is 0 Å². The number of aromatic nitrogens is 2. The van der Waals surface area contributed by atoms with Crippen LogP contribution in [0.3, 0.4) is 0 Å². The summed E-state index contributed by atoms with van der Waals surface area (Å²) >= 11 is 0. The van der Waals surface area contributed by atoms with Gasteiger partial charge < -0.3 is 14.7 Å². The fourth-order valence-corrected chi connectivity index (χ4v) is 8.48. The summed E-state index contributed by atoms with van der Waals surface area (Å²) in [6, 6.07) is 15.4. The molecule has 0 saturated heterocycles. The Morgan fingerprint density at radius 1 is 1.00 bits per heavy atom. The van der Waals surface area contributed by atoms with Gasteiger partial charge in [0.05, 0.1) is 13.3 Å². The van der Waals surface area contributed by atoms with Crippen molar-refractivity contribution in [3.63, 3.8) is 0 Å². The van der Waals surface area contributed by atoms with Crippen LogP contribution in [0.15, 0.2) is 54.9 Å². The molecule has 0 atom stereocenters. The van der Waals surface area contributed by atoms with Gasteiger partial charge in [-0.1, -0.05) is 24.3 Å². The normalized spacial score (nSPS) is 26.2. The Labute approximate surface area is 268 Å². The smallest absolute Gasteiger partial charge is 0.303 e. The second kappa shape index (κ2) is 12.6. The third kappa shape index (κ3) is 6.41. The van der Waals surface area contributed by atoms with E-state index >= 15 is 0 Å². The molecule has 4 aliphatic rings. The minimum atomic E-state index is -0.737. The summed E-state index contributed by atoms with van der Waals surface area (Å²) < 4.78 is 7.51. The Morgan fingerprint density at radius 3 is 2.31 bits per heavy atom. The Balaban J connectivity index is 1.25. The van der Waals surface area contributed by atoms with Crippen molar-refractivity contribution in [1.29, 1.82) is 0 Å². The summed E-state index contributed by atoms with van der Waals surface area (Å²) in [5.74, 6) is 0.527. The fourth-order valence-electron chi connectivity index (χ4n) is 8.48. The zero-order valence-electron chi connectivity index (χ0n) is 27.4. The first-order valence-corrected chi connectivity index (χ1v) is 16.9. The van der Waals surface area contributed by atoms with Gasteiger partial charge in [0.1, 0.15) is 5.75 Å². The molecule has 0 radical (unpaired) electrons. The molecule has 1 heterocycles. The number of ether oxygens (including phenoxy) is 1. The predicted molar refractivity (Wildman–Crippen MR) is 178 cm³/mol. The molecule has 7 rings (SSSR count). The van der Waals surface area contributed by atoms with Crippen LogP contribution in [0.4, 0.5) is 5.69 Å². The van der Waals surface area contributed by atoms with Crippen LogP contribution >= 0.6 is 0 Å². The van der Waals surface area contributed by atoms with E-state index in [1.165, 1.54) is 11.1 Å². The molecule has 0 unspecified atom stereocenters. The molecule has 4 fully saturated rings. The van der Waals surface area contributed by atoms with E-state index in [2.05, 4.69) is 79.4 Å². The highest BCUT2D eigenvalue weighted by atomic mass is 16.5. The van der Waals surface area contributed by atoms with E-state index in [1.54, 1.807) is 7.11 Å². The van der Waals surface area contributed by atoms with E-state index in [4.69, 9.17) is 4.74 Å². The average Bonchev–Trinajstić information content (AvgIpc) is 3.56. The lowest BCUT2D eigenvalue weighted by atomic mass is 9.51. The maximum atomic E-state index is 14.5. The van der Waals surface area contributed by atoms with Crippen molar-refractivity contribution in [3.05, 3.63) is 66.0 Å². The molecule has 0 spiro atoms. The lowest BCUT2D eigenvalue weighted by Gasteiger charge is -2.55. The van der Waals surface area contributed by atoms with E-state index in [-0.39, 0.29) is 41.0 Å². The number of anilines is 1. The van der Waals surface area contributed by atoms with E-state index in [0.717, 1.165) is 93.3 Å². The number of carbonyl (C=O) groups is 2. The van der Waals surface area contributed by atoms with Crippen LogP contribution in [0.2, 0.25) is 0 Å². The van der Waals surface area contributed by atoms with Crippen LogP contribution in [0.25, 0.3) is 11.1 Å². The number of methoxy groups -OCH3 is 1. The molecule has 7 nitrogen and oxygen atoms in total. The summed E-state index contributed by atoms with van der Waals surface area (Å²) in [6.45, 7) is 7.12. The Bertz CT molecular complexity index is 1510. The first-order chi connectivity index (χ1) is 21.6. The van der Waals surface area contributed by atoms with Crippen molar-refractivity contribution in [2.45, 2.75) is 103 Å². The SMILES string of the molecule is COc1ccc(C23CCC(CN(c4cccc(-c5cnn(C(C)C)c5)c4)C(=O)[C@H]4CC[C@H](CC(=O)O)CC4)(CC2)CC3)cc1C. The van der Waals surface area contributed by atoms with Crippen molar-refractivity contribution in [2.24, 2.45) is 17.3 Å². The molecule has 3 aromatic rings. The molecular formula is C38H49N3O4. The maximum Gasteiger partial charge on any atom is 0.303 e. The molecule has 45 heavy (non-hydrogen) atoms. The van der Waals surface area contributed by atoms with Gasteiger partial charge in [-0.3, -0.25) is 14.3 Å². The highest BCUT2D eigenvalue weighted by Gasteiger charge is 2.50. The average molecular weight is 612 g/mol. The number of benzene rings is 2. The molecule has 4 saturated carbocycles. The predicted octanol–water partition coefficient (Wildman–Crippen LogP) is 8.35. The molecule has 1 aromatic heterocycles. The van der Waals surface area contributed by atoms with Gasteiger partial charge in [-0.05, 0) is 137 Å².